The summed E-state index contributed by atoms with van der Waals surface area (Å²) in [5.41, 5.74) is 4.86. The van der Waals surface area contributed by atoms with Gasteiger partial charge in [-0.3, -0.25) is 24.7 Å². The van der Waals surface area contributed by atoms with E-state index in [1.54, 1.807) is 36.4 Å². The molecule has 3 aromatic rings. The average molecular weight is 472 g/mol. The lowest BCUT2D eigenvalue weighted by molar-refractivity contribution is -0.128. The Morgan fingerprint density at radius 3 is 2.30 bits per heavy atom. The number of benzene rings is 3. The Balaban J connectivity index is 1.66. The third-order valence-electron chi connectivity index (χ3n) is 4.68. The monoisotopic (exact) mass is 471 g/mol. The normalized spacial score (nSPS) is 11.8. The fourth-order valence-electron chi connectivity index (χ4n) is 2.81. The van der Waals surface area contributed by atoms with Crippen molar-refractivity contribution in [2.24, 2.45) is 0 Å². The molecular formula is C23H22FN3O5S. The molecule has 1 atom stereocenters. The maximum absolute atomic E-state index is 13.7. The molecule has 0 bridgehead atoms. The number of ether oxygens (including phenoxy) is 1. The number of nitrogens with one attached hydrogen (secondary N) is 2. The number of sulfonamides is 1. The first kappa shape index (κ1) is 23.7. The Morgan fingerprint density at radius 2 is 1.61 bits per heavy atom. The van der Waals surface area contributed by atoms with Crippen LogP contribution >= 0.6 is 0 Å². The number of para-hydroxylation sites is 2. The molecule has 0 heterocycles. The van der Waals surface area contributed by atoms with Crippen molar-refractivity contribution in [3.05, 3.63) is 90.2 Å². The van der Waals surface area contributed by atoms with Gasteiger partial charge in [0.1, 0.15) is 0 Å². The van der Waals surface area contributed by atoms with Gasteiger partial charge in [-0.05, 0) is 49.4 Å². The lowest BCUT2D eigenvalue weighted by atomic mass is 10.2. The Labute approximate surface area is 191 Å². The quantitative estimate of drug-likeness (QED) is 0.516. The van der Waals surface area contributed by atoms with Crippen LogP contribution in [0.25, 0.3) is 0 Å². The number of hydrogen-bond acceptors (Lipinski definition) is 5. The van der Waals surface area contributed by atoms with E-state index in [0.717, 1.165) is 4.31 Å². The smallest absolute Gasteiger partial charge is 0.279 e. The van der Waals surface area contributed by atoms with Gasteiger partial charge in [0.25, 0.3) is 21.8 Å². The second-order valence-corrected chi connectivity index (χ2v) is 8.94. The van der Waals surface area contributed by atoms with E-state index in [-0.39, 0.29) is 16.2 Å². The zero-order valence-corrected chi connectivity index (χ0v) is 18.7. The van der Waals surface area contributed by atoms with Crippen molar-refractivity contribution in [3.63, 3.8) is 0 Å². The van der Waals surface area contributed by atoms with Gasteiger partial charge in [0.2, 0.25) is 0 Å². The van der Waals surface area contributed by atoms with Gasteiger partial charge in [0.05, 0.1) is 10.6 Å². The van der Waals surface area contributed by atoms with Gasteiger partial charge in [-0.25, -0.2) is 12.8 Å². The van der Waals surface area contributed by atoms with Crippen LogP contribution in [0.15, 0.2) is 83.8 Å². The van der Waals surface area contributed by atoms with Crippen molar-refractivity contribution in [1.29, 1.82) is 0 Å². The van der Waals surface area contributed by atoms with Crippen LogP contribution in [0, 0.1) is 5.82 Å². The third kappa shape index (κ3) is 5.66. The number of carbonyl (C=O) groups excluding carboxylic acids is 2. The van der Waals surface area contributed by atoms with Gasteiger partial charge in [0.15, 0.2) is 17.7 Å². The minimum Gasteiger partial charge on any atom is -0.478 e. The maximum Gasteiger partial charge on any atom is 0.279 e. The Kier molecular flexibility index (Phi) is 7.29. The van der Waals surface area contributed by atoms with E-state index in [4.69, 9.17) is 4.74 Å². The number of nitrogens with zero attached hydrogens (tertiary/aromatic N) is 1. The first-order valence-corrected chi connectivity index (χ1v) is 11.3. The SMILES string of the molecule is CC(Oc1ccccc1F)C(=O)NNC(=O)c1cccc(S(=O)(=O)N(C)c2ccccc2)c1. The highest BCUT2D eigenvalue weighted by Crippen LogP contribution is 2.22. The average Bonchev–Trinajstić information content (AvgIpc) is 2.83. The van der Waals surface area contributed by atoms with Crippen molar-refractivity contribution in [2.75, 3.05) is 11.4 Å². The highest BCUT2D eigenvalue weighted by atomic mass is 32.2. The molecule has 0 aliphatic heterocycles. The summed E-state index contributed by atoms with van der Waals surface area (Å²) >= 11 is 0. The summed E-state index contributed by atoms with van der Waals surface area (Å²) in [4.78, 5) is 24.6. The lowest BCUT2D eigenvalue weighted by Crippen LogP contribution is -2.47. The summed E-state index contributed by atoms with van der Waals surface area (Å²) in [6, 6.07) is 19.5. The Hall–Kier alpha value is -3.92. The molecule has 0 saturated heterocycles. The molecule has 10 heteroatoms. The van der Waals surface area contributed by atoms with E-state index in [1.807, 2.05) is 0 Å². The third-order valence-corrected chi connectivity index (χ3v) is 6.46. The summed E-state index contributed by atoms with van der Waals surface area (Å²) in [5.74, 6) is -2.19. The summed E-state index contributed by atoms with van der Waals surface area (Å²) in [6.45, 7) is 1.39. The molecule has 0 aliphatic carbocycles. The minimum absolute atomic E-state index is 0.0144. The molecule has 0 aliphatic rings. The molecular weight excluding hydrogens is 449 g/mol. The maximum atomic E-state index is 13.7. The van der Waals surface area contributed by atoms with Crippen LogP contribution in [0.3, 0.4) is 0 Å². The van der Waals surface area contributed by atoms with E-state index in [1.165, 1.54) is 56.4 Å². The van der Waals surface area contributed by atoms with Crippen LogP contribution in [0.2, 0.25) is 0 Å². The van der Waals surface area contributed by atoms with Gasteiger partial charge >= 0.3 is 0 Å². The molecule has 3 aromatic carbocycles. The minimum atomic E-state index is -3.92. The molecule has 0 aromatic heterocycles. The fourth-order valence-corrected chi connectivity index (χ4v) is 4.05. The highest BCUT2D eigenvalue weighted by Gasteiger charge is 2.23. The summed E-state index contributed by atoms with van der Waals surface area (Å²) in [5, 5.41) is 0. The highest BCUT2D eigenvalue weighted by molar-refractivity contribution is 7.92. The molecule has 2 amide bonds. The number of carbonyl (C=O) groups is 2. The molecule has 0 fully saturated rings. The van der Waals surface area contributed by atoms with E-state index in [2.05, 4.69) is 10.9 Å². The van der Waals surface area contributed by atoms with Crippen molar-refractivity contribution in [2.45, 2.75) is 17.9 Å². The van der Waals surface area contributed by atoms with Crippen LogP contribution in [0.4, 0.5) is 10.1 Å². The van der Waals surface area contributed by atoms with E-state index in [0.29, 0.717) is 5.69 Å². The van der Waals surface area contributed by atoms with Crippen LogP contribution in [-0.2, 0) is 14.8 Å². The lowest BCUT2D eigenvalue weighted by Gasteiger charge is -2.20. The van der Waals surface area contributed by atoms with Crippen LogP contribution < -0.4 is 19.9 Å². The fraction of sp³-hybridized carbons (Fsp3) is 0.130. The van der Waals surface area contributed by atoms with E-state index in [9.17, 15) is 22.4 Å². The number of rotatable bonds is 7. The molecule has 0 radical (unpaired) electrons. The van der Waals surface area contributed by atoms with Crippen molar-refractivity contribution in [3.8, 4) is 5.75 Å². The predicted octanol–water partition coefficient (Wildman–Crippen LogP) is 2.88. The van der Waals surface area contributed by atoms with Crippen molar-refractivity contribution >= 4 is 27.5 Å². The van der Waals surface area contributed by atoms with E-state index < -0.39 is 33.8 Å². The summed E-state index contributed by atoms with van der Waals surface area (Å²) < 4.78 is 45.9. The molecule has 2 N–H and O–H groups in total. The zero-order valence-electron chi connectivity index (χ0n) is 17.9. The number of anilines is 1. The van der Waals surface area contributed by atoms with Gasteiger partial charge < -0.3 is 4.74 Å². The first-order valence-electron chi connectivity index (χ1n) is 9.85. The van der Waals surface area contributed by atoms with Gasteiger partial charge in [-0.15, -0.1) is 0 Å². The Bertz CT molecular complexity index is 1250. The number of hydrogen-bond donors (Lipinski definition) is 2. The molecule has 0 saturated carbocycles. The first-order chi connectivity index (χ1) is 15.7. The standard InChI is InChI=1S/C23H22FN3O5S/c1-16(32-21-14-7-6-13-20(21)24)22(28)25-26-23(29)17-9-8-12-19(15-17)33(30,31)27(2)18-10-4-3-5-11-18/h3-16H,1-2H3,(H,25,28)(H,26,29). The molecule has 3 rings (SSSR count). The molecule has 8 nitrogen and oxygen atoms in total. The Morgan fingerprint density at radius 1 is 0.939 bits per heavy atom. The van der Waals surface area contributed by atoms with Crippen LogP contribution in [-0.4, -0.2) is 33.4 Å². The van der Waals surface area contributed by atoms with Crippen molar-refractivity contribution in [1.82, 2.24) is 10.9 Å². The molecule has 172 valence electrons. The summed E-state index contributed by atoms with van der Waals surface area (Å²) in [7, 11) is -2.51. The van der Waals surface area contributed by atoms with Gasteiger partial charge in [0, 0.05) is 12.6 Å². The van der Waals surface area contributed by atoms with Crippen LogP contribution in [0.1, 0.15) is 17.3 Å². The zero-order chi connectivity index (χ0) is 24.0. The van der Waals surface area contributed by atoms with Gasteiger partial charge in [-0.1, -0.05) is 36.4 Å². The number of halogens is 1. The van der Waals surface area contributed by atoms with E-state index >= 15 is 0 Å². The second kappa shape index (κ2) is 10.1. The predicted molar refractivity (Wildman–Crippen MR) is 121 cm³/mol. The van der Waals surface area contributed by atoms with Crippen LogP contribution in [0.5, 0.6) is 5.75 Å². The summed E-state index contributed by atoms with van der Waals surface area (Å²) in [6.07, 6.45) is -1.10. The second-order valence-electron chi connectivity index (χ2n) is 6.97. The largest absolute Gasteiger partial charge is 0.478 e. The molecule has 33 heavy (non-hydrogen) atoms. The molecule has 0 spiro atoms. The van der Waals surface area contributed by atoms with Gasteiger partial charge in [-0.2, -0.15) is 0 Å². The topological polar surface area (TPSA) is 105 Å². The molecule has 1 unspecified atom stereocenters. The number of amides is 2. The number of hydrazine groups is 1. The van der Waals surface area contributed by atoms with Crippen molar-refractivity contribution < 1.29 is 27.1 Å².